The fraction of sp³-hybridized carbons (Fsp3) is 0.571. The van der Waals surface area contributed by atoms with Crippen LogP contribution < -0.4 is 10.6 Å². The zero-order valence-electron chi connectivity index (χ0n) is 10.6. The Morgan fingerprint density at radius 2 is 1.71 bits per heavy atom. The standard InChI is InChI=1S/C14H22N2.ClH/c1-12(15)11-13-5-7-14(8-6-13)16-9-3-2-4-10-16;/h5-8,12H,2-4,9-11,15H2,1H3;1H. The highest BCUT2D eigenvalue weighted by Crippen LogP contribution is 2.20. The Labute approximate surface area is 111 Å². The SMILES string of the molecule is CC(N)Cc1ccc(N2CCCCC2)cc1.Cl. The maximum absolute atomic E-state index is 5.79. The van der Waals surface area contributed by atoms with E-state index >= 15 is 0 Å². The molecule has 2 nitrogen and oxygen atoms in total. The van der Waals surface area contributed by atoms with Crippen molar-refractivity contribution in [1.29, 1.82) is 0 Å². The van der Waals surface area contributed by atoms with Crippen LogP contribution in [-0.4, -0.2) is 19.1 Å². The molecule has 1 fully saturated rings. The minimum absolute atomic E-state index is 0. The Kier molecular flexibility index (Phi) is 5.79. The van der Waals surface area contributed by atoms with Gasteiger partial charge in [-0.2, -0.15) is 0 Å². The number of hydrogen-bond acceptors (Lipinski definition) is 2. The van der Waals surface area contributed by atoms with E-state index in [1.807, 2.05) is 0 Å². The van der Waals surface area contributed by atoms with Crippen molar-refractivity contribution in [2.24, 2.45) is 5.73 Å². The molecule has 0 aliphatic carbocycles. The van der Waals surface area contributed by atoms with E-state index < -0.39 is 0 Å². The Morgan fingerprint density at radius 1 is 1.12 bits per heavy atom. The summed E-state index contributed by atoms with van der Waals surface area (Å²) in [5.41, 5.74) is 8.51. The molecule has 17 heavy (non-hydrogen) atoms. The normalized spacial score (nSPS) is 17.4. The number of rotatable bonds is 3. The molecule has 0 radical (unpaired) electrons. The fourth-order valence-corrected chi connectivity index (χ4v) is 2.37. The maximum Gasteiger partial charge on any atom is 0.0366 e. The average molecular weight is 255 g/mol. The molecule has 0 aromatic heterocycles. The zero-order chi connectivity index (χ0) is 11.4. The number of benzene rings is 1. The Morgan fingerprint density at radius 3 is 2.24 bits per heavy atom. The lowest BCUT2D eigenvalue weighted by atomic mass is 10.1. The van der Waals surface area contributed by atoms with E-state index in [4.69, 9.17) is 5.73 Å². The van der Waals surface area contributed by atoms with Crippen molar-refractivity contribution in [2.75, 3.05) is 18.0 Å². The van der Waals surface area contributed by atoms with Crippen LogP contribution in [0.15, 0.2) is 24.3 Å². The minimum atomic E-state index is 0. The van der Waals surface area contributed by atoms with E-state index in [2.05, 4.69) is 36.1 Å². The monoisotopic (exact) mass is 254 g/mol. The number of nitrogens with two attached hydrogens (primary N) is 1. The van der Waals surface area contributed by atoms with Gasteiger partial charge in [0.1, 0.15) is 0 Å². The molecule has 3 heteroatoms. The largest absolute Gasteiger partial charge is 0.372 e. The molecule has 1 saturated heterocycles. The zero-order valence-corrected chi connectivity index (χ0v) is 11.4. The summed E-state index contributed by atoms with van der Waals surface area (Å²) < 4.78 is 0. The average Bonchev–Trinajstić information content (AvgIpc) is 2.30. The first-order valence-corrected chi connectivity index (χ1v) is 6.35. The Bertz CT molecular complexity index is 315. The molecular weight excluding hydrogens is 232 g/mol. The van der Waals surface area contributed by atoms with Crippen LogP contribution in [0, 0.1) is 0 Å². The van der Waals surface area contributed by atoms with Crippen LogP contribution >= 0.6 is 12.4 Å². The van der Waals surface area contributed by atoms with Gasteiger partial charge in [-0.25, -0.2) is 0 Å². The van der Waals surface area contributed by atoms with Gasteiger partial charge < -0.3 is 10.6 Å². The van der Waals surface area contributed by atoms with Gasteiger partial charge in [-0.05, 0) is 50.3 Å². The summed E-state index contributed by atoms with van der Waals surface area (Å²) in [4.78, 5) is 2.49. The van der Waals surface area contributed by atoms with E-state index in [0.29, 0.717) is 0 Å². The highest BCUT2D eigenvalue weighted by Gasteiger charge is 2.10. The highest BCUT2D eigenvalue weighted by molar-refractivity contribution is 5.85. The summed E-state index contributed by atoms with van der Waals surface area (Å²) in [6.07, 6.45) is 5.03. The van der Waals surface area contributed by atoms with E-state index in [-0.39, 0.29) is 18.4 Å². The van der Waals surface area contributed by atoms with Gasteiger partial charge in [0, 0.05) is 24.8 Å². The van der Waals surface area contributed by atoms with Crippen LogP contribution in [0.3, 0.4) is 0 Å². The lowest BCUT2D eigenvalue weighted by Gasteiger charge is -2.28. The second-order valence-corrected chi connectivity index (χ2v) is 4.90. The molecule has 96 valence electrons. The molecular formula is C14H23ClN2. The predicted octanol–water partition coefficient (Wildman–Crippen LogP) is 2.99. The Balaban J connectivity index is 0.00000144. The van der Waals surface area contributed by atoms with Crippen LogP contribution in [0.5, 0.6) is 0 Å². The maximum atomic E-state index is 5.79. The first kappa shape index (κ1) is 14.3. The molecule has 2 rings (SSSR count). The smallest absolute Gasteiger partial charge is 0.0366 e. The quantitative estimate of drug-likeness (QED) is 0.899. The van der Waals surface area contributed by atoms with E-state index in [9.17, 15) is 0 Å². The summed E-state index contributed by atoms with van der Waals surface area (Å²) in [7, 11) is 0. The first-order valence-electron chi connectivity index (χ1n) is 6.35. The molecule has 1 atom stereocenters. The molecule has 0 spiro atoms. The third-order valence-electron chi connectivity index (χ3n) is 3.22. The lowest BCUT2D eigenvalue weighted by Crippen LogP contribution is -2.29. The lowest BCUT2D eigenvalue weighted by molar-refractivity contribution is 0.578. The molecule has 2 N–H and O–H groups in total. The fourth-order valence-electron chi connectivity index (χ4n) is 2.37. The van der Waals surface area contributed by atoms with Gasteiger partial charge in [0.15, 0.2) is 0 Å². The van der Waals surface area contributed by atoms with Crippen molar-refractivity contribution in [1.82, 2.24) is 0 Å². The molecule has 1 aromatic rings. The van der Waals surface area contributed by atoms with Crippen LogP contribution in [-0.2, 0) is 6.42 Å². The van der Waals surface area contributed by atoms with Crippen LogP contribution in [0.1, 0.15) is 31.7 Å². The van der Waals surface area contributed by atoms with Crippen LogP contribution in [0.25, 0.3) is 0 Å². The summed E-state index contributed by atoms with van der Waals surface area (Å²) in [5, 5.41) is 0. The topological polar surface area (TPSA) is 29.3 Å². The number of halogens is 1. The van der Waals surface area contributed by atoms with Gasteiger partial charge in [0.05, 0.1) is 0 Å². The number of anilines is 1. The molecule has 1 aliphatic heterocycles. The molecule has 1 heterocycles. The first-order chi connectivity index (χ1) is 7.75. The second-order valence-electron chi connectivity index (χ2n) is 4.90. The number of hydrogen-bond donors (Lipinski definition) is 1. The van der Waals surface area contributed by atoms with Gasteiger partial charge in [-0.3, -0.25) is 0 Å². The van der Waals surface area contributed by atoms with E-state index in [1.54, 1.807) is 0 Å². The third-order valence-corrected chi connectivity index (χ3v) is 3.22. The summed E-state index contributed by atoms with van der Waals surface area (Å²) in [6, 6.07) is 9.16. The highest BCUT2D eigenvalue weighted by atomic mass is 35.5. The molecule has 1 aromatic carbocycles. The molecule has 1 aliphatic rings. The van der Waals surface area contributed by atoms with E-state index in [0.717, 1.165) is 6.42 Å². The van der Waals surface area contributed by atoms with Crippen molar-refractivity contribution in [3.63, 3.8) is 0 Å². The minimum Gasteiger partial charge on any atom is -0.372 e. The van der Waals surface area contributed by atoms with Gasteiger partial charge in [0.2, 0.25) is 0 Å². The number of piperidine rings is 1. The second kappa shape index (κ2) is 6.87. The van der Waals surface area contributed by atoms with Crippen molar-refractivity contribution in [2.45, 2.75) is 38.6 Å². The van der Waals surface area contributed by atoms with E-state index in [1.165, 1.54) is 43.6 Å². The number of nitrogens with zero attached hydrogens (tertiary/aromatic N) is 1. The molecule has 1 unspecified atom stereocenters. The molecule has 0 saturated carbocycles. The van der Waals surface area contributed by atoms with Gasteiger partial charge in [-0.15, -0.1) is 12.4 Å². The van der Waals surface area contributed by atoms with Crippen molar-refractivity contribution >= 4 is 18.1 Å². The van der Waals surface area contributed by atoms with Gasteiger partial charge >= 0.3 is 0 Å². The van der Waals surface area contributed by atoms with Crippen molar-refractivity contribution in [3.05, 3.63) is 29.8 Å². The summed E-state index contributed by atoms with van der Waals surface area (Å²) >= 11 is 0. The summed E-state index contributed by atoms with van der Waals surface area (Å²) in [6.45, 7) is 4.48. The van der Waals surface area contributed by atoms with Crippen molar-refractivity contribution in [3.8, 4) is 0 Å². The third kappa shape index (κ3) is 4.21. The van der Waals surface area contributed by atoms with Crippen LogP contribution in [0.2, 0.25) is 0 Å². The Hall–Kier alpha value is -0.730. The van der Waals surface area contributed by atoms with Gasteiger partial charge in [0.25, 0.3) is 0 Å². The molecule has 0 bridgehead atoms. The van der Waals surface area contributed by atoms with Gasteiger partial charge in [-0.1, -0.05) is 12.1 Å². The van der Waals surface area contributed by atoms with Crippen molar-refractivity contribution < 1.29 is 0 Å². The molecule has 0 amide bonds. The predicted molar refractivity (Wildman–Crippen MR) is 77.1 cm³/mol. The van der Waals surface area contributed by atoms with Crippen LogP contribution in [0.4, 0.5) is 5.69 Å². The summed E-state index contributed by atoms with van der Waals surface area (Å²) in [5.74, 6) is 0.